The molecule has 0 aliphatic rings. The van der Waals surface area contributed by atoms with Crippen LogP contribution in [-0.2, 0) is 21.7 Å². The van der Waals surface area contributed by atoms with Crippen molar-refractivity contribution in [1.82, 2.24) is 0 Å². The van der Waals surface area contributed by atoms with E-state index in [1.54, 1.807) is 24.3 Å². The standard InChI is InChI=1S/C18H22O2S/c1-5-14-6-10-16(11-7-14)21(19,20)17-12-8-15(9-13-17)18(2,3)4/h6-13H,5H2,1-4H3. The Kier molecular flexibility index (Phi) is 4.24. The lowest BCUT2D eigenvalue weighted by atomic mass is 9.87. The summed E-state index contributed by atoms with van der Waals surface area (Å²) < 4.78 is 25.2. The normalized spacial score (nSPS) is 12.4. The molecule has 21 heavy (non-hydrogen) atoms. The molecule has 0 aliphatic heterocycles. The summed E-state index contributed by atoms with van der Waals surface area (Å²) in [4.78, 5) is 0.697. The highest BCUT2D eigenvalue weighted by Crippen LogP contribution is 2.26. The van der Waals surface area contributed by atoms with Crippen LogP contribution >= 0.6 is 0 Å². The lowest BCUT2D eigenvalue weighted by Crippen LogP contribution is -2.11. The van der Waals surface area contributed by atoms with E-state index >= 15 is 0 Å². The van der Waals surface area contributed by atoms with Crippen molar-refractivity contribution < 1.29 is 8.42 Å². The van der Waals surface area contributed by atoms with Crippen LogP contribution in [0, 0.1) is 0 Å². The predicted octanol–water partition coefficient (Wildman–Crippen LogP) is 4.38. The minimum absolute atomic E-state index is 0.0189. The molecule has 0 radical (unpaired) electrons. The minimum Gasteiger partial charge on any atom is -0.219 e. The quantitative estimate of drug-likeness (QED) is 0.843. The maximum atomic E-state index is 12.6. The van der Waals surface area contributed by atoms with Crippen molar-refractivity contribution in [2.45, 2.75) is 49.3 Å². The van der Waals surface area contributed by atoms with Gasteiger partial charge in [0.05, 0.1) is 9.79 Å². The van der Waals surface area contributed by atoms with Crippen LogP contribution in [0.4, 0.5) is 0 Å². The molecule has 0 heterocycles. The van der Waals surface area contributed by atoms with E-state index in [9.17, 15) is 8.42 Å². The third kappa shape index (κ3) is 3.35. The van der Waals surface area contributed by atoms with E-state index in [4.69, 9.17) is 0 Å². The van der Waals surface area contributed by atoms with E-state index in [1.807, 2.05) is 24.3 Å². The third-order valence-electron chi connectivity index (χ3n) is 3.67. The second-order valence-electron chi connectivity index (χ2n) is 6.28. The van der Waals surface area contributed by atoms with Gasteiger partial charge < -0.3 is 0 Å². The van der Waals surface area contributed by atoms with Crippen LogP contribution in [0.2, 0.25) is 0 Å². The van der Waals surface area contributed by atoms with E-state index in [0.717, 1.165) is 17.5 Å². The third-order valence-corrected chi connectivity index (χ3v) is 5.46. The van der Waals surface area contributed by atoms with Gasteiger partial charge in [-0.15, -0.1) is 0 Å². The zero-order valence-corrected chi connectivity index (χ0v) is 13.9. The second kappa shape index (κ2) is 5.64. The van der Waals surface area contributed by atoms with Gasteiger partial charge in [-0.1, -0.05) is 52.0 Å². The first-order valence-electron chi connectivity index (χ1n) is 7.19. The summed E-state index contributed by atoms with van der Waals surface area (Å²) in [5, 5.41) is 0. The minimum atomic E-state index is -3.43. The van der Waals surface area contributed by atoms with Gasteiger partial charge in [0.15, 0.2) is 0 Å². The fourth-order valence-electron chi connectivity index (χ4n) is 2.17. The van der Waals surface area contributed by atoms with Crippen LogP contribution in [-0.4, -0.2) is 8.42 Å². The van der Waals surface area contributed by atoms with Gasteiger partial charge in [-0.25, -0.2) is 8.42 Å². The molecule has 0 aromatic heterocycles. The van der Waals surface area contributed by atoms with Crippen LogP contribution in [0.1, 0.15) is 38.8 Å². The summed E-state index contributed by atoms with van der Waals surface area (Å²) >= 11 is 0. The summed E-state index contributed by atoms with van der Waals surface area (Å²) in [7, 11) is -3.43. The largest absolute Gasteiger partial charge is 0.219 e. The average molecular weight is 302 g/mol. The molecular formula is C18H22O2S. The van der Waals surface area contributed by atoms with Gasteiger partial charge in [-0.05, 0) is 47.2 Å². The van der Waals surface area contributed by atoms with Crippen LogP contribution in [0.25, 0.3) is 0 Å². The predicted molar refractivity (Wildman–Crippen MR) is 86.4 cm³/mol. The van der Waals surface area contributed by atoms with Crippen LogP contribution in [0.15, 0.2) is 58.3 Å². The van der Waals surface area contributed by atoms with Gasteiger partial charge in [0.2, 0.25) is 9.84 Å². The SMILES string of the molecule is CCc1ccc(S(=O)(=O)c2ccc(C(C)(C)C)cc2)cc1. The summed E-state index contributed by atoms with van der Waals surface area (Å²) in [6, 6.07) is 14.3. The first-order chi connectivity index (χ1) is 9.75. The van der Waals surface area contributed by atoms with Gasteiger partial charge >= 0.3 is 0 Å². The molecule has 0 amide bonds. The molecule has 3 heteroatoms. The van der Waals surface area contributed by atoms with Crippen LogP contribution in [0.3, 0.4) is 0 Å². The Balaban J connectivity index is 2.39. The fourth-order valence-corrected chi connectivity index (χ4v) is 3.44. The monoisotopic (exact) mass is 302 g/mol. The summed E-state index contributed by atoms with van der Waals surface area (Å²) in [5.74, 6) is 0. The lowest BCUT2D eigenvalue weighted by molar-refractivity contribution is 0.586. The van der Waals surface area contributed by atoms with Crippen molar-refractivity contribution in [2.75, 3.05) is 0 Å². The van der Waals surface area contributed by atoms with Crippen molar-refractivity contribution in [2.24, 2.45) is 0 Å². The summed E-state index contributed by atoms with van der Waals surface area (Å²) in [6.45, 7) is 8.38. The number of hydrogen-bond donors (Lipinski definition) is 0. The molecule has 0 aliphatic carbocycles. The maximum Gasteiger partial charge on any atom is 0.206 e. The highest BCUT2D eigenvalue weighted by molar-refractivity contribution is 7.91. The zero-order valence-electron chi connectivity index (χ0n) is 13.1. The number of rotatable bonds is 3. The topological polar surface area (TPSA) is 34.1 Å². The van der Waals surface area contributed by atoms with Crippen molar-refractivity contribution in [3.63, 3.8) is 0 Å². The van der Waals surface area contributed by atoms with E-state index in [2.05, 4.69) is 27.7 Å². The fraction of sp³-hybridized carbons (Fsp3) is 0.333. The molecule has 0 saturated carbocycles. The summed E-state index contributed by atoms with van der Waals surface area (Å²) in [5.41, 5.74) is 2.28. The Hall–Kier alpha value is -1.61. The molecule has 0 saturated heterocycles. The van der Waals surface area contributed by atoms with E-state index in [-0.39, 0.29) is 5.41 Å². The average Bonchev–Trinajstić information content (AvgIpc) is 2.46. The van der Waals surface area contributed by atoms with Crippen molar-refractivity contribution >= 4 is 9.84 Å². The molecule has 2 rings (SSSR count). The Bertz CT molecular complexity index is 703. The molecular weight excluding hydrogens is 280 g/mol. The number of hydrogen-bond acceptors (Lipinski definition) is 2. The smallest absolute Gasteiger partial charge is 0.206 e. The molecule has 2 aromatic carbocycles. The van der Waals surface area contributed by atoms with Gasteiger partial charge in [0, 0.05) is 0 Å². The van der Waals surface area contributed by atoms with E-state index in [0.29, 0.717) is 9.79 Å². The molecule has 0 bridgehead atoms. The van der Waals surface area contributed by atoms with Crippen LogP contribution < -0.4 is 0 Å². The first kappa shape index (κ1) is 15.8. The maximum absolute atomic E-state index is 12.6. The van der Waals surface area contributed by atoms with Crippen LogP contribution in [0.5, 0.6) is 0 Å². The molecule has 0 spiro atoms. The zero-order chi connectivity index (χ0) is 15.7. The highest BCUT2D eigenvalue weighted by atomic mass is 32.2. The molecule has 0 atom stereocenters. The van der Waals surface area contributed by atoms with Gasteiger partial charge in [0.1, 0.15) is 0 Å². The van der Waals surface area contributed by atoms with Gasteiger partial charge in [0.25, 0.3) is 0 Å². The molecule has 2 nitrogen and oxygen atoms in total. The number of sulfone groups is 1. The van der Waals surface area contributed by atoms with E-state index < -0.39 is 9.84 Å². The molecule has 2 aromatic rings. The van der Waals surface area contributed by atoms with Crippen molar-refractivity contribution in [3.8, 4) is 0 Å². The first-order valence-corrected chi connectivity index (χ1v) is 8.68. The molecule has 112 valence electrons. The number of benzene rings is 2. The van der Waals surface area contributed by atoms with Gasteiger partial charge in [-0.2, -0.15) is 0 Å². The summed E-state index contributed by atoms with van der Waals surface area (Å²) in [6.07, 6.45) is 0.903. The molecule has 0 unspecified atom stereocenters. The highest BCUT2D eigenvalue weighted by Gasteiger charge is 2.19. The molecule has 0 N–H and O–H groups in total. The lowest BCUT2D eigenvalue weighted by Gasteiger charge is -2.19. The Morgan fingerprint density at radius 2 is 1.24 bits per heavy atom. The molecule has 0 fully saturated rings. The Morgan fingerprint density at radius 3 is 1.62 bits per heavy atom. The second-order valence-corrected chi connectivity index (χ2v) is 8.23. The Morgan fingerprint density at radius 1 is 0.810 bits per heavy atom. The Labute approximate surface area is 127 Å². The van der Waals surface area contributed by atoms with Gasteiger partial charge in [-0.3, -0.25) is 0 Å². The van der Waals surface area contributed by atoms with Crippen molar-refractivity contribution in [1.29, 1.82) is 0 Å². The van der Waals surface area contributed by atoms with Crippen molar-refractivity contribution in [3.05, 3.63) is 59.7 Å². The number of aryl methyl sites for hydroxylation is 1. The van der Waals surface area contributed by atoms with E-state index in [1.165, 1.54) is 0 Å².